The first-order valence-corrected chi connectivity index (χ1v) is 6.27. The van der Waals surface area contributed by atoms with E-state index in [9.17, 15) is 17.2 Å². The first kappa shape index (κ1) is 14.5. The van der Waals surface area contributed by atoms with E-state index in [2.05, 4.69) is 0 Å². The van der Waals surface area contributed by atoms with Crippen LogP contribution in [0, 0.1) is 11.3 Å². The lowest BCUT2D eigenvalue weighted by Gasteiger charge is -2.14. The van der Waals surface area contributed by atoms with Crippen molar-refractivity contribution in [3.05, 3.63) is 29.8 Å². The molecule has 0 saturated heterocycles. The molecule has 0 amide bonds. The molecule has 0 bridgehead atoms. The molecule has 0 spiro atoms. The molecule has 0 aliphatic heterocycles. The summed E-state index contributed by atoms with van der Waals surface area (Å²) in [7, 11) is -4.08. The van der Waals surface area contributed by atoms with Gasteiger partial charge >= 0.3 is 0 Å². The highest BCUT2D eigenvalue weighted by molar-refractivity contribution is 7.89. The molecule has 2 N–H and O–H groups in total. The van der Waals surface area contributed by atoms with Crippen LogP contribution in [0.1, 0.15) is 5.56 Å². The van der Waals surface area contributed by atoms with Gasteiger partial charge in [0, 0.05) is 0 Å². The predicted octanol–water partition coefficient (Wildman–Crippen LogP) is 0.464. The Morgan fingerprint density at radius 2 is 1.89 bits per heavy atom. The number of aliphatic hydroxyl groups excluding tert-OH is 1. The van der Waals surface area contributed by atoms with Gasteiger partial charge in [-0.3, -0.25) is 0 Å². The molecule has 0 unspecified atom stereocenters. The van der Waals surface area contributed by atoms with Crippen LogP contribution in [0.2, 0.25) is 0 Å². The number of aliphatic hydroxyl groups is 1. The fourth-order valence-corrected chi connectivity index (χ4v) is 2.11. The Labute approximate surface area is 103 Å². The van der Waals surface area contributed by atoms with Crippen LogP contribution in [0.3, 0.4) is 0 Å². The van der Waals surface area contributed by atoms with Crippen molar-refractivity contribution in [1.82, 2.24) is 4.72 Å². The maximum atomic E-state index is 12.7. The van der Waals surface area contributed by atoms with Crippen molar-refractivity contribution in [2.24, 2.45) is 0 Å². The van der Waals surface area contributed by atoms with Gasteiger partial charge in [-0.2, -0.15) is 5.26 Å². The van der Waals surface area contributed by atoms with E-state index in [1.807, 2.05) is 0 Å². The number of nitrogens with one attached hydrogen (secondary N) is 1. The van der Waals surface area contributed by atoms with Crippen LogP contribution in [-0.2, 0) is 10.0 Å². The molecule has 18 heavy (non-hydrogen) atoms. The summed E-state index contributed by atoms with van der Waals surface area (Å²) in [5.41, 5.74) is 0.259. The van der Waals surface area contributed by atoms with Crippen molar-refractivity contribution in [3.8, 4) is 6.07 Å². The van der Waals surface area contributed by atoms with Gasteiger partial charge in [-0.15, -0.1) is 0 Å². The van der Waals surface area contributed by atoms with E-state index < -0.39 is 29.1 Å². The molecule has 1 aromatic carbocycles. The van der Waals surface area contributed by atoms with E-state index in [0.29, 0.717) is 0 Å². The summed E-state index contributed by atoms with van der Waals surface area (Å²) < 4.78 is 50.2. The lowest BCUT2D eigenvalue weighted by molar-refractivity contribution is -0.0437. The summed E-state index contributed by atoms with van der Waals surface area (Å²) in [6, 6.07) is 6.60. The van der Waals surface area contributed by atoms with Crippen molar-refractivity contribution < 1.29 is 22.3 Å². The standard InChI is InChI=1S/C10H10F2N2O3S/c11-10(12,7-15)6-14-18(16,17)9-3-1-8(5-13)2-4-9/h1-4,14-15H,6-7H2. The summed E-state index contributed by atoms with van der Waals surface area (Å²) >= 11 is 0. The smallest absolute Gasteiger partial charge is 0.283 e. The van der Waals surface area contributed by atoms with Crippen LogP contribution in [0.25, 0.3) is 0 Å². The van der Waals surface area contributed by atoms with E-state index in [1.165, 1.54) is 12.1 Å². The molecule has 0 atom stereocenters. The van der Waals surface area contributed by atoms with Crippen LogP contribution >= 0.6 is 0 Å². The summed E-state index contributed by atoms with van der Waals surface area (Å²) in [4.78, 5) is -0.227. The maximum Gasteiger partial charge on any atom is 0.283 e. The number of hydrogen-bond acceptors (Lipinski definition) is 4. The second kappa shape index (κ2) is 5.39. The fraction of sp³-hybridized carbons (Fsp3) is 0.300. The Hall–Kier alpha value is -1.56. The Morgan fingerprint density at radius 1 is 1.33 bits per heavy atom. The quantitative estimate of drug-likeness (QED) is 0.817. The molecule has 0 heterocycles. The average Bonchev–Trinajstić information content (AvgIpc) is 2.37. The zero-order valence-electron chi connectivity index (χ0n) is 9.10. The molecular formula is C10H10F2N2O3S. The van der Waals surface area contributed by atoms with Crippen LogP contribution in [0.4, 0.5) is 8.78 Å². The number of rotatable bonds is 5. The third kappa shape index (κ3) is 3.73. The zero-order valence-corrected chi connectivity index (χ0v) is 9.92. The predicted molar refractivity (Wildman–Crippen MR) is 58.4 cm³/mol. The highest BCUT2D eigenvalue weighted by atomic mass is 32.2. The molecule has 0 fully saturated rings. The lowest BCUT2D eigenvalue weighted by atomic mass is 10.2. The number of benzene rings is 1. The van der Waals surface area contributed by atoms with Crippen molar-refractivity contribution in [3.63, 3.8) is 0 Å². The van der Waals surface area contributed by atoms with Gasteiger partial charge in [0.25, 0.3) is 5.92 Å². The van der Waals surface area contributed by atoms with Crippen molar-refractivity contribution in [2.75, 3.05) is 13.2 Å². The van der Waals surface area contributed by atoms with Gasteiger partial charge in [0.2, 0.25) is 10.0 Å². The molecule has 0 radical (unpaired) electrons. The molecule has 1 rings (SSSR count). The van der Waals surface area contributed by atoms with E-state index in [-0.39, 0.29) is 10.5 Å². The SMILES string of the molecule is N#Cc1ccc(S(=O)(=O)NCC(F)(F)CO)cc1. The molecule has 5 nitrogen and oxygen atoms in total. The average molecular weight is 276 g/mol. The molecule has 0 aliphatic rings. The van der Waals surface area contributed by atoms with Crippen LogP contribution in [0.5, 0.6) is 0 Å². The van der Waals surface area contributed by atoms with E-state index in [4.69, 9.17) is 10.4 Å². The first-order valence-electron chi connectivity index (χ1n) is 4.79. The molecule has 98 valence electrons. The monoisotopic (exact) mass is 276 g/mol. The van der Waals surface area contributed by atoms with E-state index in [1.54, 1.807) is 10.8 Å². The maximum absolute atomic E-state index is 12.7. The fourth-order valence-electron chi connectivity index (χ4n) is 1.05. The highest BCUT2D eigenvalue weighted by Crippen LogP contribution is 2.14. The normalized spacial score (nSPS) is 12.1. The van der Waals surface area contributed by atoms with Gasteiger partial charge < -0.3 is 5.11 Å². The number of sulfonamides is 1. The number of nitrogens with zero attached hydrogens (tertiary/aromatic N) is 1. The Bertz CT molecular complexity index is 549. The third-order valence-corrected chi connectivity index (χ3v) is 3.46. The number of hydrogen-bond donors (Lipinski definition) is 2. The summed E-state index contributed by atoms with van der Waals surface area (Å²) in [6.45, 7) is -2.63. The second-order valence-corrected chi connectivity index (χ2v) is 5.24. The van der Waals surface area contributed by atoms with E-state index >= 15 is 0 Å². The van der Waals surface area contributed by atoms with Gasteiger partial charge in [-0.1, -0.05) is 0 Å². The first-order chi connectivity index (χ1) is 8.30. The van der Waals surface area contributed by atoms with E-state index in [0.717, 1.165) is 12.1 Å². The van der Waals surface area contributed by atoms with Crippen molar-refractivity contribution in [1.29, 1.82) is 5.26 Å². The summed E-state index contributed by atoms with van der Waals surface area (Å²) in [6.07, 6.45) is 0. The zero-order chi connectivity index (χ0) is 13.8. The summed E-state index contributed by atoms with van der Waals surface area (Å²) in [5.74, 6) is -3.51. The number of alkyl halides is 2. The van der Waals surface area contributed by atoms with Gasteiger partial charge in [-0.25, -0.2) is 21.9 Å². The number of halogens is 2. The third-order valence-electron chi connectivity index (χ3n) is 2.05. The van der Waals surface area contributed by atoms with Crippen LogP contribution < -0.4 is 4.72 Å². The van der Waals surface area contributed by atoms with Gasteiger partial charge in [-0.05, 0) is 24.3 Å². The Balaban J connectivity index is 2.84. The largest absolute Gasteiger partial charge is 0.390 e. The topological polar surface area (TPSA) is 90.2 Å². The molecule has 0 aromatic heterocycles. The van der Waals surface area contributed by atoms with Gasteiger partial charge in [0.05, 0.1) is 23.1 Å². The summed E-state index contributed by atoms with van der Waals surface area (Å²) in [5, 5.41) is 16.8. The second-order valence-electron chi connectivity index (χ2n) is 3.47. The van der Waals surface area contributed by atoms with Crippen LogP contribution in [-0.4, -0.2) is 32.6 Å². The minimum atomic E-state index is -4.08. The van der Waals surface area contributed by atoms with Gasteiger partial charge in [0.1, 0.15) is 6.61 Å². The molecule has 0 saturated carbocycles. The molecule has 8 heteroatoms. The Morgan fingerprint density at radius 3 is 2.33 bits per heavy atom. The molecule has 1 aromatic rings. The van der Waals surface area contributed by atoms with Gasteiger partial charge in [0.15, 0.2) is 0 Å². The highest BCUT2D eigenvalue weighted by Gasteiger charge is 2.30. The Kier molecular flexibility index (Phi) is 4.34. The lowest BCUT2D eigenvalue weighted by Crippen LogP contribution is -2.38. The molecule has 0 aliphatic carbocycles. The van der Waals surface area contributed by atoms with Crippen molar-refractivity contribution >= 4 is 10.0 Å². The minimum Gasteiger partial charge on any atom is -0.390 e. The molecular weight excluding hydrogens is 266 g/mol. The van der Waals surface area contributed by atoms with Crippen LogP contribution in [0.15, 0.2) is 29.2 Å². The minimum absolute atomic E-state index is 0.227. The van der Waals surface area contributed by atoms with Crippen molar-refractivity contribution in [2.45, 2.75) is 10.8 Å². The number of nitriles is 1.